The van der Waals surface area contributed by atoms with E-state index in [2.05, 4.69) is 22.3 Å². The summed E-state index contributed by atoms with van der Waals surface area (Å²) >= 11 is 0. The molecule has 1 atom stereocenters. The van der Waals surface area contributed by atoms with E-state index in [4.69, 9.17) is 13.9 Å². The third-order valence-corrected chi connectivity index (χ3v) is 5.98. The van der Waals surface area contributed by atoms with Crippen LogP contribution in [0.5, 0.6) is 5.75 Å². The number of ether oxygens (including phenoxy) is 2. The Hall–Kier alpha value is -2.83. The van der Waals surface area contributed by atoms with E-state index in [1.807, 2.05) is 36.4 Å². The number of piperidine rings is 1. The molecule has 2 aromatic carbocycles. The number of carbonyl (C=O) groups excluding carboxylic acids is 1. The molecule has 1 unspecified atom stereocenters. The van der Waals surface area contributed by atoms with Gasteiger partial charge in [0.05, 0.1) is 19.8 Å². The number of furan rings is 1. The molecular weight excluding hydrogens is 392 g/mol. The summed E-state index contributed by atoms with van der Waals surface area (Å²) in [6.07, 6.45) is 3.63. The van der Waals surface area contributed by atoms with Crippen LogP contribution in [0.15, 0.2) is 52.9 Å². The number of likely N-dealkylation sites (tertiary alicyclic amines) is 1. The van der Waals surface area contributed by atoms with Crippen molar-refractivity contribution in [2.24, 2.45) is 0 Å². The van der Waals surface area contributed by atoms with Crippen molar-refractivity contribution in [3.8, 4) is 5.75 Å². The lowest BCUT2D eigenvalue weighted by Gasteiger charge is -2.35. The molecule has 1 amide bonds. The van der Waals surface area contributed by atoms with E-state index >= 15 is 0 Å². The highest BCUT2D eigenvalue weighted by Gasteiger charge is 2.25. The van der Waals surface area contributed by atoms with Gasteiger partial charge >= 0.3 is 0 Å². The largest absolute Gasteiger partial charge is 0.497 e. The molecule has 0 spiro atoms. The third-order valence-electron chi connectivity index (χ3n) is 5.98. The second-order valence-electron chi connectivity index (χ2n) is 7.93. The zero-order valence-electron chi connectivity index (χ0n) is 18.2. The van der Waals surface area contributed by atoms with Crippen molar-refractivity contribution < 1.29 is 18.7 Å². The molecule has 1 aromatic heterocycles. The lowest BCUT2D eigenvalue weighted by atomic mass is 10.0. The van der Waals surface area contributed by atoms with E-state index in [0.29, 0.717) is 24.5 Å². The number of fused-ring (bicyclic) bond motifs is 1. The summed E-state index contributed by atoms with van der Waals surface area (Å²) in [5, 5.41) is 4.04. The monoisotopic (exact) mass is 422 g/mol. The SMILES string of the molecule is COCc1c(C(=O)NCC(c2ccc(OC)cc2)N2CCCCC2)oc2ccccc12. The molecule has 3 aromatic rings. The van der Waals surface area contributed by atoms with Crippen molar-refractivity contribution in [1.82, 2.24) is 10.2 Å². The quantitative estimate of drug-likeness (QED) is 0.577. The van der Waals surface area contributed by atoms with Gasteiger partial charge in [-0.25, -0.2) is 0 Å². The Kier molecular flexibility index (Phi) is 6.89. The number of hydrogen-bond donors (Lipinski definition) is 1. The molecule has 0 aliphatic carbocycles. The molecule has 4 rings (SSSR count). The summed E-state index contributed by atoms with van der Waals surface area (Å²) in [4.78, 5) is 15.6. The van der Waals surface area contributed by atoms with Crippen molar-refractivity contribution >= 4 is 16.9 Å². The van der Waals surface area contributed by atoms with Crippen molar-refractivity contribution in [3.63, 3.8) is 0 Å². The Labute approximate surface area is 183 Å². The van der Waals surface area contributed by atoms with Crippen LogP contribution in [0.1, 0.15) is 47.0 Å². The number of methoxy groups -OCH3 is 2. The predicted molar refractivity (Wildman–Crippen MR) is 120 cm³/mol. The highest BCUT2D eigenvalue weighted by molar-refractivity contribution is 5.99. The van der Waals surface area contributed by atoms with E-state index in [-0.39, 0.29) is 11.9 Å². The molecule has 2 heterocycles. The Bertz CT molecular complexity index is 1010. The Morgan fingerprint density at radius 1 is 1.06 bits per heavy atom. The molecule has 1 saturated heterocycles. The van der Waals surface area contributed by atoms with Crippen LogP contribution in [-0.4, -0.2) is 44.7 Å². The van der Waals surface area contributed by atoms with Crippen molar-refractivity contribution in [1.29, 1.82) is 0 Å². The number of nitrogens with zero attached hydrogens (tertiary/aromatic N) is 1. The van der Waals surface area contributed by atoms with Gasteiger partial charge in [0.1, 0.15) is 11.3 Å². The van der Waals surface area contributed by atoms with Crippen LogP contribution < -0.4 is 10.1 Å². The topological polar surface area (TPSA) is 63.9 Å². The molecule has 1 aliphatic heterocycles. The minimum atomic E-state index is -0.209. The molecule has 6 nitrogen and oxygen atoms in total. The van der Waals surface area contributed by atoms with Gasteiger partial charge in [0.2, 0.25) is 0 Å². The Balaban J connectivity index is 1.55. The second-order valence-corrected chi connectivity index (χ2v) is 7.93. The lowest BCUT2D eigenvalue weighted by Crippen LogP contribution is -2.40. The molecule has 1 N–H and O–H groups in total. The van der Waals surface area contributed by atoms with Gasteiger partial charge in [-0.3, -0.25) is 9.69 Å². The summed E-state index contributed by atoms with van der Waals surface area (Å²) in [5.41, 5.74) is 2.65. The number of amides is 1. The first-order valence-corrected chi connectivity index (χ1v) is 10.9. The summed E-state index contributed by atoms with van der Waals surface area (Å²) in [7, 11) is 3.29. The molecule has 1 fully saturated rings. The summed E-state index contributed by atoms with van der Waals surface area (Å²) in [6.45, 7) is 2.90. The molecule has 6 heteroatoms. The minimum Gasteiger partial charge on any atom is -0.497 e. The summed E-state index contributed by atoms with van der Waals surface area (Å²) in [5.74, 6) is 0.950. The fourth-order valence-electron chi connectivity index (χ4n) is 4.35. The highest BCUT2D eigenvalue weighted by atomic mass is 16.5. The number of rotatable bonds is 8. The maximum Gasteiger partial charge on any atom is 0.287 e. The van der Waals surface area contributed by atoms with Crippen LogP contribution >= 0.6 is 0 Å². The minimum absolute atomic E-state index is 0.102. The van der Waals surface area contributed by atoms with E-state index in [0.717, 1.165) is 29.8 Å². The first-order valence-electron chi connectivity index (χ1n) is 10.9. The first-order chi connectivity index (χ1) is 15.2. The third kappa shape index (κ3) is 4.75. The zero-order valence-corrected chi connectivity index (χ0v) is 18.2. The van der Waals surface area contributed by atoms with E-state index in [1.54, 1.807) is 14.2 Å². The smallest absolute Gasteiger partial charge is 0.287 e. The van der Waals surface area contributed by atoms with Crippen LogP contribution in [0, 0.1) is 0 Å². The van der Waals surface area contributed by atoms with Gasteiger partial charge in [-0.1, -0.05) is 36.8 Å². The molecule has 31 heavy (non-hydrogen) atoms. The van der Waals surface area contributed by atoms with E-state index < -0.39 is 0 Å². The van der Waals surface area contributed by atoms with Crippen molar-refractivity contribution in [3.05, 3.63) is 65.4 Å². The number of hydrogen-bond acceptors (Lipinski definition) is 5. The van der Waals surface area contributed by atoms with Crippen LogP contribution in [0.3, 0.4) is 0 Å². The summed E-state index contributed by atoms with van der Waals surface area (Å²) < 4.78 is 16.5. The molecule has 0 bridgehead atoms. The number of nitrogens with one attached hydrogen (secondary N) is 1. The number of benzene rings is 2. The molecule has 164 valence electrons. The maximum atomic E-state index is 13.1. The number of para-hydroxylation sites is 1. The van der Waals surface area contributed by atoms with E-state index in [9.17, 15) is 4.79 Å². The Morgan fingerprint density at radius 2 is 1.81 bits per heavy atom. The molecule has 0 radical (unpaired) electrons. The normalized spacial score (nSPS) is 15.7. The van der Waals surface area contributed by atoms with Gasteiger partial charge in [-0.15, -0.1) is 0 Å². The fraction of sp³-hybridized carbons (Fsp3) is 0.400. The standard InChI is InChI=1S/C25H30N2O4/c1-29-17-21-20-8-4-5-9-23(20)31-24(21)25(28)26-16-22(27-14-6-3-7-15-27)18-10-12-19(30-2)13-11-18/h4-5,8-13,22H,3,6-7,14-17H2,1-2H3,(H,26,28). The van der Waals surface area contributed by atoms with Crippen LogP contribution in [0.2, 0.25) is 0 Å². The van der Waals surface area contributed by atoms with Gasteiger partial charge in [-0.2, -0.15) is 0 Å². The zero-order chi connectivity index (χ0) is 21.6. The lowest BCUT2D eigenvalue weighted by molar-refractivity contribution is 0.0893. The van der Waals surface area contributed by atoms with Crippen LogP contribution in [0.25, 0.3) is 11.0 Å². The van der Waals surface area contributed by atoms with Gasteiger partial charge in [0, 0.05) is 24.6 Å². The molecular formula is C25H30N2O4. The second kappa shape index (κ2) is 9.98. The molecule has 0 saturated carbocycles. The number of carbonyl (C=O) groups is 1. The van der Waals surface area contributed by atoms with Gasteiger partial charge < -0.3 is 19.2 Å². The van der Waals surface area contributed by atoms with Crippen LogP contribution in [-0.2, 0) is 11.3 Å². The first kappa shape index (κ1) is 21.4. The van der Waals surface area contributed by atoms with Crippen molar-refractivity contribution in [2.75, 3.05) is 33.9 Å². The summed E-state index contributed by atoms with van der Waals surface area (Å²) in [6, 6.07) is 15.9. The van der Waals surface area contributed by atoms with Gasteiger partial charge in [-0.05, 0) is 49.7 Å². The van der Waals surface area contributed by atoms with Gasteiger partial charge in [0.15, 0.2) is 5.76 Å². The average molecular weight is 423 g/mol. The predicted octanol–water partition coefficient (Wildman–Crippen LogP) is 4.54. The molecule has 1 aliphatic rings. The highest BCUT2D eigenvalue weighted by Crippen LogP contribution is 2.28. The Morgan fingerprint density at radius 3 is 2.52 bits per heavy atom. The maximum absolute atomic E-state index is 13.1. The van der Waals surface area contributed by atoms with Crippen LogP contribution in [0.4, 0.5) is 0 Å². The van der Waals surface area contributed by atoms with E-state index in [1.165, 1.54) is 24.8 Å². The fourth-order valence-corrected chi connectivity index (χ4v) is 4.35. The van der Waals surface area contributed by atoms with Gasteiger partial charge in [0.25, 0.3) is 5.91 Å². The van der Waals surface area contributed by atoms with Crippen molar-refractivity contribution in [2.45, 2.75) is 31.9 Å². The average Bonchev–Trinajstić information content (AvgIpc) is 3.19.